The van der Waals surface area contributed by atoms with Crippen LogP contribution in [0.3, 0.4) is 0 Å². The molecule has 35 heavy (non-hydrogen) atoms. The first-order valence-electron chi connectivity index (χ1n) is 13.9. The average Bonchev–Trinajstić information content (AvgIpc) is 2.80. The Bertz CT molecular complexity index is 715. The summed E-state index contributed by atoms with van der Waals surface area (Å²) >= 11 is 1.87. The minimum atomic E-state index is -2.24. The third-order valence-electron chi connectivity index (χ3n) is 8.62. The van der Waals surface area contributed by atoms with Gasteiger partial charge >= 0.3 is 6.09 Å². The van der Waals surface area contributed by atoms with Gasteiger partial charge in [-0.15, -0.1) is 0 Å². The first kappa shape index (κ1) is 28.8. The molecule has 1 heterocycles. The molecule has 3 aliphatic rings. The molecule has 5 atom stereocenters. The normalized spacial score (nSPS) is 31.2. The number of nitrogens with one attached hydrogen (secondary N) is 1. The Balaban J connectivity index is 1.46. The molecule has 0 aromatic heterocycles. The van der Waals surface area contributed by atoms with Crippen molar-refractivity contribution in [2.45, 2.75) is 108 Å². The van der Waals surface area contributed by atoms with Crippen molar-refractivity contribution in [3.63, 3.8) is 0 Å². The second-order valence-corrected chi connectivity index (χ2v) is 18.2. The maximum absolute atomic E-state index is 13.5. The zero-order valence-corrected chi connectivity index (χ0v) is 24.8. The molecule has 0 bridgehead atoms. The number of likely N-dealkylation sites (tertiary alicyclic amines) is 1. The van der Waals surface area contributed by atoms with Crippen LogP contribution < -0.4 is 5.32 Å². The highest BCUT2D eigenvalue weighted by molar-refractivity contribution is 7.99. The summed E-state index contributed by atoms with van der Waals surface area (Å²) in [5.74, 6) is 2.33. The molecule has 3 rings (SSSR count). The van der Waals surface area contributed by atoms with E-state index < -0.39 is 13.9 Å². The van der Waals surface area contributed by atoms with Crippen molar-refractivity contribution in [3.05, 3.63) is 0 Å². The molecular weight excluding hydrogens is 476 g/mol. The quantitative estimate of drug-likeness (QED) is 0.437. The molecule has 2 N–H and O–H groups in total. The molecule has 8 heteroatoms. The summed E-state index contributed by atoms with van der Waals surface area (Å²) in [4.78, 5) is 38.4. The van der Waals surface area contributed by atoms with Gasteiger partial charge in [-0.05, 0) is 108 Å². The molecule has 0 aromatic rings. The zero-order valence-electron chi connectivity index (χ0n) is 23.0. The number of amides is 2. The molecule has 1 aliphatic heterocycles. The molecule has 0 aromatic carbocycles. The Morgan fingerprint density at radius 1 is 1.03 bits per heavy atom. The fraction of sp³-hybridized carbons (Fsp3) is 0.926. The maximum atomic E-state index is 13.5. The van der Waals surface area contributed by atoms with Gasteiger partial charge in [-0.1, -0.05) is 12.8 Å². The van der Waals surface area contributed by atoms with E-state index in [9.17, 15) is 14.4 Å². The van der Waals surface area contributed by atoms with E-state index in [-0.39, 0.29) is 12.0 Å². The lowest BCUT2D eigenvalue weighted by Crippen LogP contribution is -2.47. The van der Waals surface area contributed by atoms with Crippen molar-refractivity contribution < 1.29 is 19.1 Å². The van der Waals surface area contributed by atoms with E-state index >= 15 is 0 Å². The van der Waals surface area contributed by atoms with Crippen molar-refractivity contribution in [1.29, 1.82) is 0 Å². The molecule has 2 aliphatic carbocycles. The zero-order chi connectivity index (χ0) is 25.8. The molecule has 1 saturated heterocycles. The fourth-order valence-corrected chi connectivity index (χ4v) is 9.32. The van der Waals surface area contributed by atoms with Gasteiger partial charge < -0.3 is 19.7 Å². The van der Waals surface area contributed by atoms with E-state index in [1.165, 1.54) is 25.7 Å². The lowest BCUT2D eigenvalue weighted by Gasteiger charge is -2.43. The van der Waals surface area contributed by atoms with Gasteiger partial charge in [0, 0.05) is 30.8 Å². The molecule has 6 nitrogen and oxygen atoms in total. The SMILES string of the molecule is CSC1CC(C(=O)N2CCC(C3CCCC(CNC(=O)OC(C)(C)C)C3)CC2)CC([Si](C)(C)O)C1. The summed E-state index contributed by atoms with van der Waals surface area (Å²) in [6.07, 6.45) is 11.8. The monoisotopic (exact) mass is 526 g/mol. The highest BCUT2D eigenvalue weighted by Gasteiger charge is 2.42. The number of nitrogens with zero attached hydrogens (tertiary/aromatic N) is 1. The summed E-state index contributed by atoms with van der Waals surface area (Å²) in [7, 11) is -2.24. The van der Waals surface area contributed by atoms with Gasteiger partial charge in [0.2, 0.25) is 5.91 Å². The van der Waals surface area contributed by atoms with Gasteiger partial charge in [0.15, 0.2) is 8.32 Å². The van der Waals surface area contributed by atoms with E-state index in [1.54, 1.807) is 0 Å². The van der Waals surface area contributed by atoms with E-state index in [0.29, 0.717) is 41.0 Å². The number of carbonyl (C=O) groups excluding carboxylic acids is 2. The van der Waals surface area contributed by atoms with Crippen LogP contribution >= 0.6 is 11.8 Å². The Kier molecular flexibility index (Phi) is 10.1. The summed E-state index contributed by atoms with van der Waals surface area (Å²) < 4.78 is 5.39. The number of ether oxygens (including phenoxy) is 1. The highest BCUT2D eigenvalue weighted by Crippen LogP contribution is 2.44. The fourth-order valence-electron chi connectivity index (χ4n) is 6.58. The van der Waals surface area contributed by atoms with Gasteiger partial charge in [-0.2, -0.15) is 11.8 Å². The number of alkyl carbamates (subject to hydrolysis) is 1. The largest absolute Gasteiger partial charge is 0.444 e. The van der Waals surface area contributed by atoms with E-state index in [2.05, 4.69) is 16.5 Å². The molecule has 2 amide bonds. The summed E-state index contributed by atoms with van der Waals surface area (Å²) in [6.45, 7) is 12.2. The molecule has 2 saturated carbocycles. The molecule has 202 valence electrons. The van der Waals surface area contributed by atoms with Crippen molar-refractivity contribution in [3.8, 4) is 0 Å². The standard InChI is InChI=1S/C27H50N2O4SSi/c1-27(2,3)33-26(31)28-18-19-8-7-9-21(14-19)20-10-12-29(13-11-20)25(30)22-15-23(34-4)17-24(16-22)35(5,6)32/h19-24,32H,7-18H2,1-6H3,(H,28,31). The smallest absolute Gasteiger partial charge is 0.407 e. The van der Waals surface area contributed by atoms with Gasteiger partial charge in [0.25, 0.3) is 0 Å². The average molecular weight is 527 g/mol. The second kappa shape index (κ2) is 12.2. The van der Waals surface area contributed by atoms with Crippen molar-refractivity contribution >= 4 is 32.1 Å². The molecule has 0 spiro atoms. The Morgan fingerprint density at radius 2 is 1.71 bits per heavy atom. The molecule has 3 fully saturated rings. The number of hydrogen-bond acceptors (Lipinski definition) is 5. The van der Waals surface area contributed by atoms with Crippen molar-refractivity contribution in [1.82, 2.24) is 10.2 Å². The third kappa shape index (κ3) is 8.66. The topological polar surface area (TPSA) is 78.9 Å². The maximum Gasteiger partial charge on any atom is 0.407 e. The summed E-state index contributed by atoms with van der Waals surface area (Å²) in [5, 5.41) is 3.48. The molecular formula is C27H50N2O4SSi. The van der Waals surface area contributed by atoms with Crippen LogP contribution in [-0.2, 0) is 9.53 Å². The van der Waals surface area contributed by atoms with Gasteiger partial charge in [-0.25, -0.2) is 4.79 Å². The Labute approximate surface area is 218 Å². The number of thioether (sulfide) groups is 1. The van der Waals surface area contributed by atoms with E-state index in [1.807, 2.05) is 45.6 Å². The van der Waals surface area contributed by atoms with Crippen LogP contribution in [0.25, 0.3) is 0 Å². The first-order valence-corrected chi connectivity index (χ1v) is 18.2. The summed E-state index contributed by atoms with van der Waals surface area (Å²) in [6, 6.07) is 0. The Hall–Kier alpha value is -0.733. The van der Waals surface area contributed by atoms with Crippen molar-refractivity contribution in [2.75, 3.05) is 25.9 Å². The first-order chi connectivity index (χ1) is 16.4. The van der Waals surface area contributed by atoms with Gasteiger partial charge in [0.1, 0.15) is 5.60 Å². The van der Waals surface area contributed by atoms with Crippen LogP contribution in [0.15, 0.2) is 0 Å². The van der Waals surface area contributed by atoms with Crippen LogP contribution in [-0.4, -0.2) is 66.8 Å². The lowest BCUT2D eigenvalue weighted by atomic mass is 9.72. The minimum absolute atomic E-state index is 0.0830. The van der Waals surface area contributed by atoms with Gasteiger partial charge in [-0.3, -0.25) is 4.79 Å². The number of piperidine rings is 1. The second-order valence-electron chi connectivity index (χ2n) is 13.0. The number of carbonyl (C=O) groups is 2. The van der Waals surface area contributed by atoms with Crippen LogP contribution in [0.5, 0.6) is 0 Å². The predicted octanol–water partition coefficient (Wildman–Crippen LogP) is 5.66. The van der Waals surface area contributed by atoms with Crippen LogP contribution in [0.1, 0.15) is 78.6 Å². The lowest BCUT2D eigenvalue weighted by molar-refractivity contribution is -0.138. The third-order valence-corrected chi connectivity index (χ3v) is 12.1. The number of rotatable bonds is 6. The molecule has 5 unspecified atom stereocenters. The Morgan fingerprint density at radius 3 is 2.31 bits per heavy atom. The van der Waals surface area contributed by atoms with Crippen LogP contribution in [0, 0.1) is 23.7 Å². The van der Waals surface area contributed by atoms with Crippen LogP contribution in [0.4, 0.5) is 4.79 Å². The van der Waals surface area contributed by atoms with Gasteiger partial charge in [0.05, 0.1) is 0 Å². The summed E-state index contributed by atoms with van der Waals surface area (Å²) in [5.41, 5.74) is -0.135. The van der Waals surface area contributed by atoms with Crippen LogP contribution in [0.2, 0.25) is 18.6 Å². The highest BCUT2D eigenvalue weighted by atomic mass is 32.2. The van der Waals surface area contributed by atoms with Crippen molar-refractivity contribution in [2.24, 2.45) is 23.7 Å². The van der Waals surface area contributed by atoms with E-state index in [4.69, 9.17) is 4.74 Å². The van der Waals surface area contributed by atoms with E-state index in [0.717, 1.165) is 45.2 Å². The predicted molar refractivity (Wildman–Crippen MR) is 147 cm³/mol. The number of hydrogen-bond donors (Lipinski definition) is 2. The molecule has 0 radical (unpaired) electrons. The minimum Gasteiger partial charge on any atom is -0.444 e.